The van der Waals surface area contributed by atoms with Gasteiger partial charge in [-0.25, -0.2) is 4.79 Å². The third-order valence-electron chi connectivity index (χ3n) is 5.53. The van der Waals surface area contributed by atoms with E-state index < -0.39 is 5.97 Å². The Kier molecular flexibility index (Phi) is 4.81. The molecule has 0 fully saturated rings. The normalized spacial score (nSPS) is 16.9. The lowest BCUT2D eigenvalue weighted by Gasteiger charge is -2.42. The number of hydrogen-bond acceptors (Lipinski definition) is 4. The molecule has 0 saturated heterocycles. The number of nitrogens with one attached hydrogen (secondary N) is 1. The van der Waals surface area contributed by atoms with Gasteiger partial charge in [-0.2, -0.15) is 0 Å². The molecule has 1 N–H and O–H groups in total. The van der Waals surface area contributed by atoms with Gasteiger partial charge in [-0.05, 0) is 59.1 Å². The second-order valence-electron chi connectivity index (χ2n) is 8.41. The minimum Gasteiger partial charge on any atom is -0.465 e. The molecule has 5 heteroatoms. The van der Waals surface area contributed by atoms with Crippen molar-refractivity contribution in [2.45, 2.75) is 51.4 Å². The molecule has 142 valence electrons. The van der Waals surface area contributed by atoms with Gasteiger partial charge in [0.15, 0.2) is 0 Å². The number of fused-ring (bicyclic) bond motifs is 1. The number of amides is 1. The highest BCUT2D eigenvalue weighted by Crippen LogP contribution is 2.46. The van der Waals surface area contributed by atoms with E-state index in [0.717, 1.165) is 18.5 Å². The molecule has 0 radical (unpaired) electrons. The summed E-state index contributed by atoms with van der Waals surface area (Å²) in [7, 11) is 1.31. The van der Waals surface area contributed by atoms with E-state index in [0.29, 0.717) is 5.56 Å². The second kappa shape index (κ2) is 6.80. The standard InChI is InChI=1S/C22H26N2O3/c1-21(2)10-11-22(3,4)17-12-15(7-8-16(17)21)24-19(25)18-9-6-14(13-23-18)20(26)27-5/h6-9,12-13H,10-11H2,1-5H3,(H,24,25). The maximum absolute atomic E-state index is 12.5. The first-order chi connectivity index (χ1) is 12.6. The number of rotatable bonds is 3. The quantitative estimate of drug-likeness (QED) is 0.814. The van der Waals surface area contributed by atoms with Gasteiger partial charge in [0.1, 0.15) is 5.69 Å². The van der Waals surface area contributed by atoms with Crippen molar-refractivity contribution in [1.29, 1.82) is 0 Å². The summed E-state index contributed by atoms with van der Waals surface area (Å²) in [6.07, 6.45) is 3.61. The first kappa shape index (κ1) is 19.1. The summed E-state index contributed by atoms with van der Waals surface area (Å²) in [6, 6.07) is 9.21. The highest BCUT2D eigenvalue weighted by atomic mass is 16.5. The zero-order valence-corrected chi connectivity index (χ0v) is 16.6. The predicted octanol–water partition coefficient (Wildman–Crippen LogP) is 4.47. The Morgan fingerprint density at radius 3 is 2.26 bits per heavy atom. The molecule has 0 unspecified atom stereocenters. The van der Waals surface area contributed by atoms with Crippen molar-refractivity contribution >= 4 is 17.6 Å². The Labute approximate surface area is 160 Å². The van der Waals surface area contributed by atoms with Gasteiger partial charge in [0.25, 0.3) is 5.91 Å². The third kappa shape index (κ3) is 3.72. The van der Waals surface area contributed by atoms with Crippen LogP contribution in [0.25, 0.3) is 0 Å². The summed E-state index contributed by atoms with van der Waals surface area (Å²) in [6.45, 7) is 9.04. The summed E-state index contributed by atoms with van der Waals surface area (Å²) in [5.41, 5.74) is 4.16. The van der Waals surface area contributed by atoms with Crippen molar-refractivity contribution in [3.05, 3.63) is 58.9 Å². The Balaban J connectivity index is 1.84. The number of ether oxygens (including phenoxy) is 1. The molecular formula is C22H26N2O3. The number of nitrogens with zero attached hydrogens (tertiary/aromatic N) is 1. The number of hydrogen-bond donors (Lipinski definition) is 1. The van der Waals surface area contributed by atoms with Crippen LogP contribution in [0.5, 0.6) is 0 Å². The van der Waals surface area contributed by atoms with E-state index in [1.807, 2.05) is 6.07 Å². The van der Waals surface area contributed by atoms with Crippen molar-refractivity contribution < 1.29 is 14.3 Å². The highest BCUT2D eigenvalue weighted by molar-refractivity contribution is 6.03. The molecule has 5 nitrogen and oxygen atoms in total. The zero-order chi connectivity index (χ0) is 19.8. The number of carbonyl (C=O) groups excluding carboxylic acids is 2. The van der Waals surface area contributed by atoms with E-state index in [9.17, 15) is 9.59 Å². The molecule has 3 rings (SSSR count). The number of benzene rings is 1. The maximum atomic E-state index is 12.5. The molecule has 1 aliphatic carbocycles. The monoisotopic (exact) mass is 366 g/mol. The van der Waals surface area contributed by atoms with Gasteiger partial charge < -0.3 is 10.1 Å². The number of esters is 1. The summed E-state index contributed by atoms with van der Waals surface area (Å²) in [5, 5.41) is 2.92. The molecule has 0 saturated carbocycles. The average Bonchev–Trinajstić information content (AvgIpc) is 2.65. The first-order valence-corrected chi connectivity index (χ1v) is 9.15. The molecule has 27 heavy (non-hydrogen) atoms. The fraction of sp³-hybridized carbons (Fsp3) is 0.409. The molecule has 1 aromatic carbocycles. The molecule has 1 amide bonds. The van der Waals surface area contributed by atoms with Crippen LogP contribution in [0.1, 0.15) is 72.5 Å². The minimum absolute atomic E-state index is 0.0754. The van der Waals surface area contributed by atoms with Crippen molar-refractivity contribution in [2.24, 2.45) is 0 Å². The highest BCUT2D eigenvalue weighted by Gasteiger charge is 2.37. The van der Waals surface area contributed by atoms with E-state index in [4.69, 9.17) is 0 Å². The van der Waals surface area contributed by atoms with Crippen LogP contribution in [0.4, 0.5) is 5.69 Å². The molecule has 1 heterocycles. The Morgan fingerprint density at radius 1 is 1.00 bits per heavy atom. The molecular weight excluding hydrogens is 340 g/mol. The maximum Gasteiger partial charge on any atom is 0.339 e. The third-order valence-corrected chi connectivity index (χ3v) is 5.53. The molecule has 0 aliphatic heterocycles. The summed E-state index contributed by atoms with van der Waals surface area (Å²) in [5.74, 6) is -0.784. The van der Waals surface area contributed by atoms with Crippen LogP contribution in [0.3, 0.4) is 0 Å². The Morgan fingerprint density at radius 2 is 1.67 bits per heavy atom. The summed E-state index contributed by atoms with van der Waals surface area (Å²) >= 11 is 0. The number of pyridine rings is 1. The largest absolute Gasteiger partial charge is 0.465 e. The number of carbonyl (C=O) groups is 2. The van der Waals surface area contributed by atoms with E-state index >= 15 is 0 Å². The van der Waals surface area contributed by atoms with Gasteiger partial charge in [-0.15, -0.1) is 0 Å². The fourth-order valence-corrected chi connectivity index (χ4v) is 3.63. The van der Waals surface area contributed by atoms with E-state index in [2.05, 4.69) is 54.9 Å². The smallest absolute Gasteiger partial charge is 0.339 e. The SMILES string of the molecule is COC(=O)c1ccc(C(=O)Nc2ccc3c(c2)C(C)(C)CCC3(C)C)nc1. The van der Waals surface area contributed by atoms with E-state index in [1.165, 1.54) is 36.6 Å². The van der Waals surface area contributed by atoms with Gasteiger partial charge >= 0.3 is 5.97 Å². The second-order valence-corrected chi connectivity index (χ2v) is 8.41. The van der Waals surface area contributed by atoms with Crippen LogP contribution < -0.4 is 5.32 Å². The molecule has 1 aromatic heterocycles. The van der Waals surface area contributed by atoms with Crippen LogP contribution in [0, 0.1) is 0 Å². The van der Waals surface area contributed by atoms with E-state index in [-0.39, 0.29) is 22.4 Å². The Bertz CT molecular complexity index is 883. The predicted molar refractivity (Wildman–Crippen MR) is 105 cm³/mol. The first-order valence-electron chi connectivity index (χ1n) is 9.15. The van der Waals surface area contributed by atoms with Crippen LogP contribution in [0.2, 0.25) is 0 Å². The topological polar surface area (TPSA) is 68.3 Å². The molecule has 2 aromatic rings. The van der Waals surface area contributed by atoms with Crippen LogP contribution in [0.15, 0.2) is 36.5 Å². The lowest BCUT2D eigenvalue weighted by Crippen LogP contribution is -2.33. The van der Waals surface area contributed by atoms with E-state index in [1.54, 1.807) is 0 Å². The minimum atomic E-state index is -0.478. The Hall–Kier alpha value is -2.69. The molecule has 0 atom stereocenters. The van der Waals surface area contributed by atoms with Crippen LogP contribution >= 0.6 is 0 Å². The van der Waals surface area contributed by atoms with Crippen molar-refractivity contribution in [2.75, 3.05) is 12.4 Å². The summed E-state index contributed by atoms with van der Waals surface area (Å²) in [4.78, 5) is 28.1. The number of methoxy groups -OCH3 is 1. The van der Waals surface area contributed by atoms with Crippen molar-refractivity contribution in [3.8, 4) is 0 Å². The van der Waals surface area contributed by atoms with Gasteiger partial charge in [0.05, 0.1) is 12.7 Å². The van der Waals surface area contributed by atoms with Crippen molar-refractivity contribution in [3.63, 3.8) is 0 Å². The number of anilines is 1. The van der Waals surface area contributed by atoms with Gasteiger partial charge in [-0.3, -0.25) is 9.78 Å². The van der Waals surface area contributed by atoms with Crippen molar-refractivity contribution in [1.82, 2.24) is 4.98 Å². The van der Waals surface area contributed by atoms with Crippen LogP contribution in [-0.2, 0) is 15.6 Å². The van der Waals surface area contributed by atoms with Gasteiger partial charge in [-0.1, -0.05) is 33.8 Å². The summed E-state index contributed by atoms with van der Waals surface area (Å²) < 4.78 is 4.64. The molecule has 0 spiro atoms. The molecule has 1 aliphatic rings. The number of aromatic nitrogens is 1. The lowest BCUT2D eigenvalue weighted by atomic mass is 9.63. The zero-order valence-electron chi connectivity index (χ0n) is 16.6. The lowest BCUT2D eigenvalue weighted by molar-refractivity contribution is 0.0600. The van der Waals surface area contributed by atoms with Gasteiger partial charge in [0, 0.05) is 11.9 Å². The van der Waals surface area contributed by atoms with Crippen LogP contribution in [-0.4, -0.2) is 24.0 Å². The molecule has 0 bridgehead atoms. The average molecular weight is 366 g/mol. The van der Waals surface area contributed by atoms with Gasteiger partial charge in [0.2, 0.25) is 0 Å². The fourth-order valence-electron chi connectivity index (χ4n) is 3.63.